The fourth-order valence-corrected chi connectivity index (χ4v) is 4.30. The first-order valence-electron chi connectivity index (χ1n) is 10.5. The second-order valence-corrected chi connectivity index (χ2v) is 8.18. The second kappa shape index (κ2) is 9.04. The summed E-state index contributed by atoms with van der Waals surface area (Å²) >= 11 is 0. The normalized spacial score (nSPS) is 24.3. The van der Waals surface area contributed by atoms with E-state index >= 15 is 0 Å². The molecule has 4 atom stereocenters. The largest absolute Gasteiger partial charge is 0.468 e. The highest BCUT2D eigenvalue weighted by Crippen LogP contribution is 2.46. The number of ketones is 1. The van der Waals surface area contributed by atoms with E-state index in [0.29, 0.717) is 24.2 Å². The first-order valence-corrected chi connectivity index (χ1v) is 10.5. The number of ether oxygens (including phenoxy) is 2. The summed E-state index contributed by atoms with van der Waals surface area (Å²) in [6.07, 6.45) is 0.677. The van der Waals surface area contributed by atoms with Gasteiger partial charge >= 0.3 is 11.9 Å². The summed E-state index contributed by atoms with van der Waals surface area (Å²) < 4.78 is 25.3. The van der Waals surface area contributed by atoms with Gasteiger partial charge in [0.2, 0.25) is 0 Å². The molecule has 0 aromatic heterocycles. The van der Waals surface area contributed by atoms with Crippen molar-refractivity contribution >= 4 is 17.7 Å². The molecule has 31 heavy (non-hydrogen) atoms. The summed E-state index contributed by atoms with van der Waals surface area (Å²) in [6, 6.07) is 6.04. The molecule has 0 amide bonds. The SMILES string of the molecule is CC[C@H](C)OC(=O)C1=C(C)NC2=C(C(=O)[C@@H](C(=O)OC)[C@@H](C)C2)[C@@H]1c1ccccc1F. The Morgan fingerprint density at radius 1 is 1.29 bits per heavy atom. The van der Waals surface area contributed by atoms with E-state index in [9.17, 15) is 18.8 Å². The van der Waals surface area contributed by atoms with Gasteiger partial charge in [-0.1, -0.05) is 32.0 Å². The van der Waals surface area contributed by atoms with Crippen LogP contribution in [0.2, 0.25) is 0 Å². The van der Waals surface area contributed by atoms with Gasteiger partial charge in [0.15, 0.2) is 5.78 Å². The second-order valence-electron chi connectivity index (χ2n) is 8.18. The van der Waals surface area contributed by atoms with E-state index < -0.39 is 35.4 Å². The van der Waals surface area contributed by atoms with Gasteiger partial charge in [0.05, 0.1) is 24.7 Å². The van der Waals surface area contributed by atoms with Gasteiger partial charge in [-0.2, -0.15) is 0 Å². The maximum absolute atomic E-state index is 14.9. The number of hydrogen-bond donors (Lipinski definition) is 1. The Kier molecular flexibility index (Phi) is 6.62. The fourth-order valence-electron chi connectivity index (χ4n) is 4.30. The van der Waals surface area contributed by atoms with E-state index in [0.717, 1.165) is 0 Å². The van der Waals surface area contributed by atoms with Crippen molar-refractivity contribution in [3.63, 3.8) is 0 Å². The van der Waals surface area contributed by atoms with Gasteiger partial charge < -0.3 is 14.8 Å². The van der Waals surface area contributed by atoms with Crippen LogP contribution in [0.4, 0.5) is 4.39 Å². The van der Waals surface area contributed by atoms with Gasteiger partial charge in [-0.25, -0.2) is 9.18 Å². The number of carbonyl (C=O) groups excluding carboxylic acids is 3. The highest BCUT2D eigenvalue weighted by molar-refractivity contribution is 6.12. The molecule has 1 aromatic rings. The Morgan fingerprint density at radius 3 is 2.58 bits per heavy atom. The first kappa shape index (κ1) is 22.7. The first-order chi connectivity index (χ1) is 14.7. The summed E-state index contributed by atoms with van der Waals surface area (Å²) in [6.45, 7) is 7.18. The maximum atomic E-state index is 14.9. The molecule has 0 bridgehead atoms. The minimum absolute atomic E-state index is 0.177. The summed E-state index contributed by atoms with van der Waals surface area (Å²) in [5.41, 5.74) is 1.70. The molecular weight excluding hydrogens is 401 g/mol. The maximum Gasteiger partial charge on any atom is 0.337 e. The van der Waals surface area contributed by atoms with Gasteiger partial charge in [-0.3, -0.25) is 9.59 Å². The van der Waals surface area contributed by atoms with E-state index in [2.05, 4.69) is 5.32 Å². The standard InChI is InChI=1S/C24H28FNO5/c1-6-13(3)31-24(29)19-14(4)26-17-11-12(2)18(23(28)30-5)22(27)21(17)20(19)15-9-7-8-10-16(15)25/h7-10,12-13,18,20,26H,6,11H2,1-5H3/t12-,13-,18-,20+/m0/s1. The van der Waals surface area contributed by atoms with Crippen molar-refractivity contribution in [2.24, 2.45) is 11.8 Å². The van der Waals surface area contributed by atoms with Crippen molar-refractivity contribution in [2.75, 3.05) is 7.11 Å². The number of methoxy groups -OCH3 is 1. The monoisotopic (exact) mass is 429 g/mol. The van der Waals surface area contributed by atoms with Crippen LogP contribution in [-0.4, -0.2) is 30.9 Å². The van der Waals surface area contributed by atoms with Crippen LogP contribution >= 0.6 is 0 Å². The van der Waals surface area contributed by atoms with Crippen LogP contribution < -0.4 is 5.32 Å². The van der Waals surface area contributed by atoms with Crippen LogP contribution in [0, 0.1) is 17.7 Å². The molecule has 3 rings (SSSR count). The summed E-state index contributed by atoms with van der Waals surface area (Å²) in [5, 5.41) is 3.16. The fraction of sp³-hybridized carbons (Fsp3) is 0.458. The zero-order chi connectivity index (χ0) is 22.9. The number of hydrogen-bond acceptors (Lipinski definition) is 6. The molecule has 7 heteroatoms. The number of nitrogens with one attached hydrogen (secondary N) is 1. The smallest absolute Gasteiger partial charge is 0.337 e. The average molecular weight is 429 g/mol. The number of halogens is 1. The molecule has 0 fully saturated rings. The van der Waals surface area contributed by atoms with Crippen molar-refractivity contribution in [1.29, 1.82) is 0 Å². The lowest BCUT2D eigenvalue weighted by atomic mass is 9.69. The van der Waals surface area contributed by atoms with E-state index in [1.807, 2.05) is 6.92 Å². The number of allylic oxidation sites excluding steroid dienone is 3. The zero-order valence-corrected chi connectivity index (χ0v) is 18.5. The van der Waals surface area contributed by atoms with Gasteiger partial charge in [0, 0.05) is 22.5 Å². The molecular formula is C24H28FNO5. The molecule has 2 aliphatic rings. The number of Topliss-reactive ketones (excluding diaryl/α,β-unsaturated/α-hetero) is 1. The number of dihydropyridines is 1. The molecule has 1 heterocycles. The lowest BCUT2D eigenvalue weighted by Gasteiger charge is -2.38. The van der Waals surface area contributed by atoms with Crippen molar-refractivity contribution in [1.82, 2.24) is 5.32 Å². The van der Waals surface area contributed by atoms with Crippen molar-refractivity contribution < 1.29 is 28.2 Å². The Morgan fingerprint density at radius 2 is 1.97 bits per heavy atom. The number of rotatable bonds is 5. The number of carbonyl (C=O) groups is 3. The Labute approximate surface area is 181 Å². The molecule has 0 saturated carbocycles. The van der Waals surface area contributed by atoms with Crippen molar-refractivity contribution in [3.8, 4) is 0 Å². The Balaban J connectivity index is 2.18. The predicted molar refractivity (Wildman–Crippen MR) is 112 cm³/mol. The minimum atomic E-state index is -1.01. The molecule has 1 aromatic carbocycles. The van der Waals surface area contributed by atoms with Crippen molar-refractivity contribution in [2.45, 2.75) is 52.6 Å². The molecule has 1 aliphatic carbocycles. The molecule has 0 unspecified atom stereocenters. The zero-order valence-electron chi connectivity index (χ0n) is 18.5. The molecule has 0 saturated heterocycles. The van der Waals surface area contributed by atoms with E-state index in [1.165, 1.54) is 13.2 Å². The summed E-state index contributed by atoms with van der Waals surface area (Å²) in [4.78, 5) is 39.0. The lowest BCUT2D eigenvalue weighted by Crippen LogP contribution is -2.43. The van der Waals surface area contributed by atoms with E-state index in [4.69, 9.17) is 9.47 Å². The topological polar surface area (TPSA) is 81.7 Å². The van der Waals surface area contributed by atoms with Crippen LogP contribution in [0.25, 0.3) is 0 Å². The van der Waals surface area contributed by atoms with Crippen LogP contribution in [0.1, 0.15) is 52.0 Å². The van der Waals surface area contributed by atoms with Crippen molar-refractivity contribution in [3.05, 3.63) is 58.2 Å². The summed E-state index contributed by atoms with van der Waals surface area (Å²) in [5.74, 6) is -4.52. The van der Waals surface area contributed by atoms with E-state index in [1.54, 1.807) is 39.0 Å². The van der Waals surface area contributed by atoms with Crippen LogP contribution in [0.3, 0.4) is 0 Å². The molecule has 166 valence electrons. The molecule has 1 aliphatic heterocycles. The summed E-state index contributed by atoms with van der Waals surface area (Å²) in [7, 11) is 1.23. The van der Waals surface area contributed by atoms with Gasteiger partial charge in [-0.05, 0) is 38.7 Å². The van der Waals surface area contributed by atoms with Gasteiger partial charge in [0.1, 0.15) is 11.7 Å². The third kappa shape index (κ3) is 4.13. The highest BCUT2D eigenvalue weighted by atomic mass is 19.1. The lowest BCUT2D eigenvalue weighted by molar-refractivity contribution is -0.151. The third-order valence-electron chi connectivity index (χ3n) is 6.06. The van der Waals surface area contributed by atoms with Crippen LogP contribution in [0.15, 0.2) is 46.8 Å². The molecule has 6 nitrogen and oxygen atoms in total. The van der Waals surface area contributed by atoms with Gasteiger partial charge in [0.25, 0.3) is 0 Å². The minimum Gasteiger partial charge on any atom is -0.468 e. The predicted octanol–water partition coefficient (Wildman–Crippen LogP) is 3.78. The average Bonchev–Trinajstić information content (AvgIpc) is 2.72. The van der Waals surface area contributed by atoms with Crippen LogP contribution in [0.5, 0.6) is 0 Å². The number of benzene rings is 1. The quantitative estimate of drug-likeness (QED) is 0.567. The molecule has 0 spiro atoms. The molecule has 0 radical (unpaired) electrons. The van der Waals surface area contributed by atoms with Crippen LogP contribution in [-0.2, 0) is 23.9 Å². The highest BCUT2D eigenvalue weighted by Gasteiger charge is 2.47. The Hall–Kier alpha value is -2.96. The van der Waals surface area contributed by atoms with E-state index in [-0.39, 0.29) is 28.7 Å². The molecule has 1 N–H and O–H groups in total. The van der Waals surface area contributed by atoms with Gasteiger partial charge in [-0.15, -0.1) is 0 Å². The Bertz CT molecular complexity index is 980. The third-order valence-corrected chi connectivity index (χ3v) is 6.06. The number of esters is 2.